The summed E-state index contributed by atoms with van der Waals surface area (Å²) < 4.78 is 0. The number of hydrogen-bond donors (Lipinski definition) is 2. The lowest BCUT2D eigenvalue weighted by atomic mass is 10.0. The number of hydrogen-bond acceptors (Lipinski definition) is 6. The smallest absolute Gasteiger partial charge is 0.238 e. The summed E-state index contributed by atoms with van der Waals surface area (Å²) in [5.74, 6) is 5.74. The number of nitrogens with two attached hydrogens (primary N) is 1. The topological polar surface area (TPSA) is 104 Å². The molecule has 2 aromatic rings. The van der Waals surface area contributed by atoms with Crippen LogP contribution in [0.5, 0.6) is 0 Å². The number of hydrazine groups is 1. The van der Waals surface area contributed by atoms with E-state index in [-0.39, 0.29) is 18.2 Å². The number of anilines is 1. The zero-order valence-electron chi connectivity index (χ0n) is 16.1. The SMILES string of the molecule is CC(=O)N1CCN(c2ncc(CCc3ccc(CC(=O)NN)cc3)cn2)CC1. The van der Waals surface area contributed by atoms with E-state index in [1.165, 1.54) is 5.56 Å². The van der Waals surface area contributed by atoms with Crippen molar-refractivity contribution in [3.63, 3.8) is 0 Å². The Bertz CT molecular complexity index is 798. The first-order chi connectivity index (χ1) is 13.5. The van der Waals surface area contributed by atoms with Crippen molar-refractivity contribution in [2.75, 3.05) is 31.1 Å². The Morgan fingerprint density at radius 2 is 1.54 bits per heavy atom. The summed E-state index contributed by atoms with van der Waals surface area (Å²) in [7, 11) is 0. The van der Waals surface area contributed by atoms with Crippen molar-refractivity contribution in [1.82, 2.24) is 20.3 Å². The summed E-state index contributed by atoms with van der Waals surface area (Å²) >= 11 is 0. The molecule has 0 spiro atoms. The van der Waals surface area contributed by atoms with Crippen LogP contribution in [-0.4, -0.2) is 52.9 Å². The molecule has 0 unspecified atom stereocenters. The van der Waals surface area contributed by atoms with Crippen molar-refractivity contribution in [1.29, 1.82) is 0 Å². The summed E-state index contributed by atoms with van der Waals surface area (Å²) in [6.45, 7) is 4.54. The molecular weight excluding hydrogens is 356 g/mol. The zero-order chi connectivity index (χ0) is 19.9. The second-order valence-electron chi connectivity index (χ2n) is 6.95. The lowest BCUT2D eigenvalue weighted by molar-refractivity contribution is -0.129. The summed E-state index contributed by atoms with van der Waals surface area (Å²) in [5, 5.41) is 0. The Morgan fingerprint density at radius 3 is 2.11 bits per heavy atom. The highest BCUT2D eigenvalue weighted by molar-refractivity contribution is 5.77. The Balaban J connectivity index is 1.49. The predicted octanol–water partition coefficient (Wildman–Crippen LogP) is 0.463. The van der Waals surface area contributed by atoms with Gasteiger partial charge >= 0.3 is 0 Å². The Labute approximate surface area is 164 Å². The van der Waals surface area contributed by atoms with Crippen molar-refractivity contribution in [3.05, 3.63) is 53.3 Å². The first kappa shape index (κ1) is 19.8. The highest BCUT2D eigenvalue weighted by Gasteiger charge is 2.20. The van der Waals surface area contributed by atoms with Gasteiger partial charge in [-0.05, 0) is 29.5 Å². The lowest BCUT2D eigenvalue weighted by Gasteiger charge is -2.34. The second kappa shape index (κ2) is 9.27. The highest BCUT2D eigenvalue weighted by atomic mass is 16.2. The van der Waals surface area contributed by atoms with Gasteiger partial charge in [-0.15, -0.1) is 0 Å². The Kier molecular flexibility index (Phi) is 6.54. The van der Waals surface area contributed by atoms with Gasteiger partial charge in [-0.1, -0.05) is 24.3 Å². The first-order valence-corrected chi connectivity index (χ1v) is 9.44. The number of nitrogens with one attached hydrogen (secondary N) is 1. The largest absolute Gasteiger partial charge is 0.339 e. The van der Waals surface area contributed by atoms with Gasteiger partial charge in [0.15, 0.2) is 0 Å². The number of nitrogens with zero attached hydrogens (tertiary/aromatic N) is 4. The average Bonchev–Trinajstić information content (AvgIpc) is 2.73. The fraction of sp³-hybridized carbons (Fsp3) is 0.400. The molecule has 1 aromatic carbocycles. The molecule has 1 aliphatic heterocycles. The molecule has 0 radical (unpaired) electrons. The molecule has 0 atom stereocenters. The van der Waals surface area contributed by atoms with Gasteiger partial charge in [0.1, 0.15) is 0 Å². The fourth-order valence-electron chi connectivity index (χ4n) is 3.21. The summed E-state index contributed by atoms with van der Waals surface area (Å²) in [6.07, 6.45) is 5.76. The summed E-state index contributed by atoms with van der Waals surface area (Å²) in [5.41, 5.74) is 5.35. The molecule has 0 aliphatic carbocycles. The van der Waals surface area contributed by atoms with Gasteiger partial charge in [0, 0.05) is 45.5 Å². The van der Waals surface area contributed by atoms with E-state index >= 15 is 0 Å². The van der Waals surface area contributed by atoms with Crippen molar-refractivity contribution >= 4 is 17.8 Å². The molecule has 1 fully saturated rings. The average molecular weight is 382 g/mol. The van der Waals surface area contributed by atoms with E-state index < -0.39 is 0 Å². The highest BCUT2D eigenvalue weighted by Crippen LogP contribution is 2.13. The fourth-order valence-corrected chi connectivity index (χ4v) is 3.21. The number of carbonyl (C=O) groups is 2. The number of aromatic nitrogens is 2. The maximum atomic E-state index is 11.4. The number of rotatable bonds is 6. The van der Waals surface area contributed by atoms with Gasteiger partial charge in [0.25, 0.3) is 0 Å². The van der Waals surface area contributed by atoms with E-state index in [1.54, 1.807) is 6.92 Å². The summed E-state index contributed by atoms with van der Waals surface area (Å²) in [6, 6.07) is 7.96. The third kappa shape index (κ3) is 5.26. The van der Waals surface area contributed by atoms with Gasteiger partial charge in [-0.2, -0.15) is 0 Å². The van der Waals surface area contributed by atoms with Crippen LogP contribution in [0.15, 0.2) is 36.7 Å². The van der Waals surface area contributed by atoms with Crippen molar-refractivity contribution < 1.29 is 9.59 Å². The van der Waals surface area contributed by atoms with Gasteiger partial charge in [-0.3, -0.25) is 15.0 Å². The first-order valence-electron chi connectivity index (χ1n) is 9.44. The van der Waals surface area contributed by atoms with Crippen molar-refractivity contribution in [2.45, 2.75) is 26.2 Å². The standard InChI is InChI=1S/C20H26N6O2/c1-15(27)25-8-10-26(11-9-25)20-22-13-18(14-23-20)7-4-16-2-5-17(6-3-16)12-19(28)24-21/h2-3,5-6,13-14H,4,7-12,21H2,1H3,(H,24,28). The van der Waals surface area contributed by atoms with Crippen LogP contribution >= 0.6 is 0 Å². The van der Waals surface area contributed by atoms with E-state index in [1.807, 2.05) is 41.6 Å². The molecule has 8 nitrogen and oxygen atoms in total. The van der Waals surface area contributed by atoms with E-state index in [2.05, 4.69) is 20.3 Å². The van der Waals surface area contributed by atoms with Crippen LogP contribution in [-0.2, 0) is 28.9 Å². The Hall–Kier alpha value is -3.00. The van der Waals surface area contributed by atoms with Gasteiger partial charge in [0.2, 0.25) is 17.8 Å². The number of amides is 2. The maximum absolute atomic E-state index is 11.4. The molecule has 1 aliphatic rings. The number of piperazine rings is 1. The second-order valence-corrected chi connectivity index (χ2v) is 6.95. The molecule has 1 aromatic heterocycles. The molecule has 2 amide bonds. The number of carbonyl (C=O) groups excluding carboxylic acids is 2. The van der Waals surface area contributed by atoms with Crippen LogP contribution in [0.25, 0.3) is 0 Å². The van der Waals surface area contributed by atoms with Gasteiger partial charge < -0.3 is 9.80 Å². The molecule has 8 heteroatoms. The maximum Gasteiger partial charge on any atom is 0.238 e. The van der Waals surface area contributed by atoms with E-state index in [4.69, 9.17) is 5.84 Å². The van der Waals surface area contributed by atoms with Crippen molar-refractivity contribution in [3.8, 4) is 0 Å². The normalized spacial score (nSPS) is 14.1. The third-order valence-corrected chi connectivity index (χ3v) is 4.95. The monoisotopic (exact) mass is 382 g/mol. The van der Waals surface area contributed by atoms with E-state index in [0.717, 1.165) is 43.0 Å². The molecule has 0 bridgehead atoms. The van der Waals surface area contributed by atoms with Crippen molar-refractivity contribution in [2.24, 2.45) is 5.84 Å². The Morgan fingerprint density at radius 1 is 0.964 bits per heavy atom. The van der Waals surface area contributed by atoms with Crippen LogP contribution in [0.3, 0.4) is 0 Å². The summed E-state index contributed by atoms with van der Waals surface area (Å²) in [4.78, 5) is 35.7. The molecular formula is C20H26N6O2. The molecule has 2 heterocycles. The van der Waals surface area contributed by atoms with Crippen LogP contribution in [0.1, 0.15) is 23.6 Å². The van der Waals surface area contributed by atoms with E-state index in [0.29, 0.717) is 13.1 Å². The molecule has 148 valence electrons. The molecule has 28 heavy (non-hydrogen) atoms. The minimum Gasteiger partial charge on any atom is -0.339 e. The number of benzene rings is 1. The third-order valence-electron chi connectivity index (χ3n) is 4.95. The van der Waals surface area contributed by atoms with Crippen LogP contribution in [0, 0.1) is 0 Å². The molecule has 3 rings (SSSR count). The lowest BCUT2D eigenvalue weighted by Crippen LogP contribution is -2.48. The van der Waals surface area contributed by atoms with Crippen LogP contribution < -0.4 is 16.2 Å². The minimum absolute atomic E-state index is 0.117. The molecule has 0 saturated carbocycles. The van der Waals surface area contributed by atoms with Gasteiger partial charge in [-0.25, -0.2) is 15.8 Å². The number of aryl methyl sites for hydroxylation is 2. The predicted molar refractivity (Wildman–Crippen MR) is 106 cm³/mol. The van der Waals surface area contributed by atoms with Crippen LogP contribution in [0.4, 0.5) is 5.95 Å². The quantitative estimate of drug-likeness (QED) is 0.427. The van der Waals surface area contributed by atoms with Gasteiger partial charge in [0.05, 0.1) is 6.42 Å². The minimum atomic E-state index is -0.201. The molecule has 1 saturated heterocycles. The van der Waals surface area contributed by atoms with Crippen LogP contribution in [0.2, 0.25) is 0 Å². The molecule has 3 N–H and O–H groups in total. The van der Waals surface area contributed by atoms with E-state index in [9.17, 15) is 9.59 Å². The zero-order valence-corrected chi connectivity index (χ0v) is 16.1.